The van der Waals surface area contributed by atoms with Gasteiger partial charge < -0.3 is 0 Å². The van der Waals surface area contributed by atoms with Gasteiger partial charge in [-0.05, 0) is 33.5 Å². The number of benzene rings is 2. The van der Waals surface area contributed by atoms with E-state index in [0.29, 0.717) is 17.9 Å². The lowest BCUT2D eigenvalue weighted by molar-refractivity contribution is 0.0990. The van der Waals surface area contributed by atoms with Gasteiger partial charge in [0.25, 0.3) is 0 Å². The van der Waals surface area contributed by atoms with Crippen molar-refractivity contribution in [3.8, 4) is 0 Å². The maximum atomic E-state index is 14.9. The van der Waals surface area contributed by atoms with Crippen LogP contribution < -0.4 is 0 Å². The van der Waals surface area contributed by atoms with Crippen LogP contribution in [0.4, 0.5) is 4.39 Å². The third-order valence-electron chi connectivity index (χ3n) is 5.91. The molecule has 4 aromatic rings. The van der Waals surface area contributed by atoms with E-state index in [2.05, 4.69) is 55.7 Å². The van der Waals surface area contributed by atoms with Gasteiger partial charge in [-0.2, -0.15) is 0 Å². The molecule has 8 heteroatoms. The van der Waals surface area contributed by atoms with E-state index in [9.17, 15) is 4.39 Å². The van der Waals surface area contributed by atoms with Gasteiger partial charge in [0.1, 0.15) is 11.9 Å². The SMILES string of the molecule is Fc1ccccc1C(c1nnnn1Cc1cccs1)N1CCN(Cc2ccccc2)CC1. The topological polar surface area (TPSA) is 50.1 Å². The van der Waals surface area contributed by atoms with Crippen LogP contribution in [0.15, 0.2) is 72.1 Å². The second-order valence-corrected chi connectivity index (χ2v) is 9.03. The molecule has 1 atom stereocenters. The van der Waals surface area contributed by atoms with Gasteiger partial charge in [0, 0.05) is 43.2 Å². The number of thiophene rings is 1. The number of tetrazole rings is 1. The Morgan fingerprint density at radius 2 is 1.66 bits per heavy atom. The van der Waals surface area contributed by atoms with Crippen molar-refractivity contribution in [1.29, 1.82) is 0 Å². The minimum absolute atomic E-state index is 0.227. The molecular formula is C24H25FN6S. The number of halogens is 1. The van der Waals surface area contributed by atoms with E-state index in [1.807, 2.05) is 29.6 Å². The molecule has 1 aliphatic heterocycles. The predicted octanol–water partition coefficient (Wildman–Crippen LogP) is 3.83. The normalized spacial score (nSPS) is 16.3. The van der Waals surface area contributed by atoms with Crippen molar-refractivity contribution in [2.75, 3.05) is 26.2 Å². The fourth-order valence-electron chi connectivity index (χ4n) is 4.29. The summed E-state index contributed by atoms with van der Waals surface area (Å²) in [6.45, 7) is 4.96. The molecule has 0 spiro atoms. The molecule has 1 saturated heterocycles. The lowest BCUT2D eigenvalue weighted by Crippen LogP contribution is -2.48. The summed E-state index contributed by atoms with van der Waals surface area (Å²) in [5.74, 6) is 0.454. The molecular weight excluding hydrogens is 423 g/mol. The number of hydrogen-bond donors (Lipinski definition) is 0. The average Bonchev–Trinajstić information content (AvgIpc) is 3.50. The summed E-state index contributed by atoms with van der Waals surface area (Å²) < 4.78 is 16.8. The Balaban J connectivity index is 1.39. The van der Waals surface area contributed by atoms with Crippen molar-refractivity contribution in [2.45, 2.75) is 19.1 Å². The minimum atomic E-state index is -0.329. The monoisotopic (exact) mass is 448 g/mol. The summed E-state index contributed by atoms with van der Waals surface area (Å²) in [5, 5.41) is 14.6. The largest absolute Gasteiger partial charge is 0.297 e. The molecule has 2 aromatic heterocycles. The Morgan fingerprint density at radius 3 is 2.41 bits per heavy atom. The van der Waals surface area contributed by atoms with Crippen LogP contribution in [0.2, 0.25) is 0 Å². The summed E-state index contributed by atoms with van der Waals surface area (Å²) in [7, 11) is 0. The molecule has 1 fully saturated rings. The van der Waals surface area contributed by atoms with E-state index in [4.69, 9.17) is 0 Å². The summed E-state index contributed by atoms with van der Waals surface area (Å²) >= 11 is 1.67. The number of nitrogens with zero attached hydrogens (tertiary/aromatic N) is 6. The molecule has 1 unspecified atom stereocenters. The highest BCUT2D eigenvalue weighted by Gasteiger charge is 2.32. The quantitative estimate of drug-likeness (QED) is 0.430. The first-order valence-corrected chi connectivity index (χ1v) is 11.7. The van der Waals surface area contributed by atoms with Crippen molar-refractivity contribution in [3.05, 3.63) is 99.8 Å². The summed E-state index contributed by atoms with van der Waals surface area (Å²) in [6, 6.07) is 21.2. The van der Waals surface area contributed by atoms with Crippen LogP contribution in [0.5, 0.6) is 0 Å². The smallest absolute Gasteiger partial charge is 0.173 e. The number of hydrogen-bond acceptors (Lipinski definition) is 6. The number of piperazine rings is 1. The van der Waals surface area contributed by atoms with E-state index in [1.54, 1.807) is 22.1 Å². The van der Waals surface area contributed by atoms with Gasteiger partial charge >= 0.3 is 0 Å². The zero-order valence-corrected chi connectivity index (χ0v) is 18.5. The van der Waals surface area contributed by atoms with Crippen LogP contribution in [0, 0.1) is 5.82 Å². The standard InChI is InChI=1S/C24H25FN6S/c25-22-11-5-4-10-21(22)23(24-26-27-28-31(24)18-20-9-6-16-32-20)30-14-12-29(13-15-30)17-19-7-2-1-3-8-19/h1-11,16,23H,12-15,17-18H2. The molecule has 164 valence electrons. The zero-order chi connectivity index (χ0) is 21.8. The van der Waals surface area contributed by atoms with Gasteiger partial charge in [0.2, 0.25) is 0 Å². The fraction of sp³-hybridized carbons (Fsp3) is 0.292. The second-order valence-electron chi connectivity index (χ2n) is 8.00. The highest BCUT2D eigenvalue weighted by atomic mass is 32.1. The van der Waals surface area contributed by atoms with Crippen molar-refractivity contribution < 1.29 is 4.39 Å². The summed E-state index contributed by atoms with van der Waals surface area (Å²) in [4.78, 5) is 5.91. The lowest BCUT2D eigenvalue weighted by Gasteiger charge is -2.39. The van der Waals surface area contributed by atoms with Gasteiger partial charge in [-0.15, -0.1) is 16.4 Å². The Hall–Kier alpha value is -2.94. The van der Waals surface area contributed by atoms with Crippen LogP contribution in [0.3, 0.4) is 0 Å². The second kappa shape index (κ2) is 9.68. The van der Waals surface area contributed by atoms with E-state index in [1.165, 1.54) is 16.5 Å². The first-order chi connectivity index (χ1) is 15.8. The number of rotatable bonds is 7. The van der Waals surface area contributed by atoms with Gasteiger partial charge in [-0.3, -0.25) is 9.80 Å². The van der Waals surface area contributed by atoms with Crippen molar-refractivity contribution in [2.24, 2.45) is 0 Å². The highest BCUT2D eigenvalue weighted by molar-refractivity contribution is 7.09. The Bertz CT molecular complexity index is 1120. The van der Waals surface area contributed by atoms with E-state index < -0.39 is 0 Å². The lowest BCUT2D eigenvalue weighted by atomic mass is 10.0. The Kier molecular flexibility index (Phi) is 6.34. The summed E-state index contributed by atoms with van der Waals surface area (Å²) in [5.41, 5.74) is 1.93. The van der Waals surface area contributed by atoms with Gasteiger partial charge in [-0.1, -0.05) is 54.6 Å². The van der Waals surface area contributed by atoms with Crippen molar-refractivity contribution in [3.63, 3.8) is 0 Å². The first kappa shape index (κ1) is 20.9. The molecule has 32 heavy (non-hydrogen) atoms. The van der Waals surface area contributed by atoms with Crippen molar-refractivity contribution >= 4 is 11.3 Å². The highest BCUT2D eigenvalue weighted by Crippen LogP contribution is 2.30. The van der Waals surface area contributed by atoms with Crippen LogP contribution in [-0.4, -0.2) is 56.2 Å². The van der Waals surface area contributed by atoms with Crippen LogP contribution >= 0.6 is 11.3 Å². The molecule has 1 aliphatic rings. The minimum Gasteiger partial charge on any atom is -0.297 e. The average molecular weight is 449 g/mol. The number of aromatic nitrogens is 4. The molecule has 0 bridgehead atoms. The zero-order valence-electron chi connectivity index (χ0n) is 17.7. The maximum Gasteiger partial charge on any atom is 0.173 e. The molecule has 5 rings (SSSR count). The third kappa shape index (κ3) is 4.62. The Morgan fingerprint density at radius 1 is 0.875 bits per heavy atom. The van der Waals surface area contributed by atoms with E-state index >= 15 is 0 Å². The fourth-order valence-corrected chi connectivity index (χ4v) is 4.97. The third-order valence-corrected chi connectivity index (χ3v) is 6.77. The van der Waals surface area contributed by atoms with E-state index in [-0.39, 0.29) is 11.9 Å². The summed E-state index contributed by atoms with van der Waals surface area (Å²) in [6.07, 6.45) is 0. The first-order valence-electron chi connectivity index (χ1n) is 10.8. The molecule has 0 radical (unpaired) electrons. The molecule has 6 nitrogen and oxygen atoms in total. The van der Waals surface area contributed by atoms with Crippen molar-refractivity contribution in [1.82, 2.24) is 30.0 Å². The van der Waals surface area contributed by atoms with Gasteiger partial charge in [0.15, 0.2) is 5.82 Å². The van der Waals surface area contributed by atoms with Gasteiger partial charge in [-0.25, -0.2) is 9.07 Å². The predicted molar refractivity (Wildman–Crippen MR) is 123 cm³/mol. The van der Waals surface area contributed by atoms with E-state index in [0.717, 1.165) is 32.7 Å². The molecule has 0 aliphatic carbocycles. The van der Waals surface area contributed by atoms with Gasteiger partial charge in [0.05, 0.1) is 6.54 Å². The Labute approximate surface area is 190 Å². The maximum absolute atomic E-state index is 14.9. The van der Waals surface area contributed by atoms with Crippen LogP contribution in [0.25, 0.3) is 0 Å². The molecule has 3 heterocycles. The van der Waals surface area contributed by atoms with Crippen LogP contribution in [0.1, 0.15) is 27.9 Å². The van der Waals surface area contributed by atoms with Crippen LogP contribution in [-0.2, 0) is 13.1 Å². The molecule has 0 N–H and O–H groups in total. The molecule has 2 aromatic carbocycles. The molecule has 0 saturated carbocycles. The molecule has 0 amide bonds.